The van der Waals surface area contributed by atoms with Crippen molar-refractivity contribution < 1.29 is 23.5 Å². The van der Waals surface area contributed by atoms with E-state index in [2.05, 4.69) is 15.5 Å². The lowest BCUT2D eigenvalue weighted by Gasteiger charge is -2.08. The summed E-state index contributed by atoms with van der Waals surface area (Å²) < 4.78 is 23.3. The van der Waals surface area contributed by atoms with Gasteiger partial charge in [-0.15, -0.1) is 5.11 Å². The zero-order chi connectivity index (χ0) is 23.6. The summed E-state index contributed by atoms with van der Waals surface area (Å²) >= 11 is 0. The predicted molar refractivity (Wildman–Crippen MR) is 123 cm³/mol. The van der Waals surface area contributed by atoms with Crippen LogP contribution in [-0.4, -0.2) is 25.6 Å². The van der Waals surface area contributed by atoms with Gasteiger partial charge in [0, 0.05) is 11.8 Å². The molecule has 168 valence electrons. The van der Waals surface area contributed by atoms with E-state index in [0.717, 1.165) is 11.6 Å². The Hall–Kier alpha value is -4.33. The minimum absolute atomic E-state index is 0.410. The van der Waals surface area contributed by atoms with Gasteiger partial charge in [0.15, 0.2) is 6.61 Å². The Balaban J connectivity index is 1.53. The third kappa shape index (κ3) is 7.10. The van der Waals surface area contributed by atoms with Crippen molar-refractivity contribution in [2.75, 3.05) is 19.0 Å². The maximum Gasteiger partial charge on any atom is 0.331 e. The number of azo groups is 1. The Kier molecular flexibility index (Phi) is 8.02. The number of benzene rings is 3. The summed E-state index contributed by atoms with van der Waals surface area (Å²) in [4.78, 5) is 23.9. The van der Waals surface area contributed by atoms with Crippen molar-refractivity contribution in [1.82, 2.24) is 0 Å². The van der Waals surface area contributed by atoms with Crippen molar-refractivity contribution in [3.8, 4) is 5.75 Å². The fraction of sp³-hybridized carbons (Fsp3) is 0.120. The van der Waals surface area contributed by atoms with E-state index in [4.69, 9.17) is 9.47 Å². The van der Waals surface area contributed by atoms with Crippen LogP contribution in [0, 0.1) is 12.7 Å². The van der Waals surface area contributed by atoms with E-state index in [1.165, 1.54) is 24.3 Å². The number of hydrogen-bond acceptors (Lipinski definition) is 6. The van der Waals surface area contributed by atoms with Gasteiger partial charge in [0.1, 0.15) is 17.3 Å². The molecular formula is C25H22FN3O4. The quantitative estimate of drug-likeness (QED) is 0.270. The number of carbonyl (C=O) groups is 2. The molecule has 1 amide bonds. The minimum Gasteiger partial charge on any atom is -0.494 e. The van der Waals surface area contributed by atoms with E-state index < -0.39 is 24.3 Å². The number of hydrogen-bond donors (Lipinski definition) is 1. The summed E-state index contributed by atoms with van der Waals surface area (Å²) in [5.74, 6) is -1.00. The number of nitrogens with zero attached hydrogens (tertiary/aromatic N) is 2. The highest BCUT2D eigenvalue weighted by Gasteiger charge is 2.08. The Morgan fingerprint density at radius 3 is 2.55 bits per heavy atom. The van der Waals surface area contributed by atoms with Crippen LogP contribution in [0.1, 0.15) is 11.1 Å². The molecule has 0 saturated carbocycles. The molecule has 0 aliphatic rings. The van der Waals surface area contributed by atoms with Crippen LogP contribution in [0.3, 0.4) is 0 Å². The number of anilines is 1. The number of methoxy groups -OCH3 is 1. The van der Waals surface area contributed by atoms with Gasteiger partial charge < -0.3 is 14.8 Å². The lowest BCUT2D eigenvalue weighted by Crippen LogP contribution is -2.20. The zero-order valence-corrected chi connectivity index (χ0v) is 18.1. The first-order valence-electron chi connectivity index (χ1n) is 10.0. The van der Waals surface area contributed by atoms with E-state index in [1.807, 2.05) is 19.1 Å². The summed E-state index contributed by atoms with van der Waals surface area (Å²) in [6, 6.07) is 18.2. The Bertz CT molecular complexity index is 1210. The number of carbonyl (C=O) groups excluding carboxylic acids is 2. The SMILES string of the molecule is COc1ccccc1N=Nc1ccc(NC(=O)COC(=O)/C=C/c2cccc(F)c2)cc1C. The van der Waals surface area contributed by atoms with Crippen molar-refractivity contribution >= 4 is 35.0 Å². The molecular weight excluding hydrogens is 425 g/mol. The van der Waals surface area contributed by atoms with E-state index in [9.17, 15) is 14.0 Å². The van der Waals surface area contributed by atoms with Crippen molar-refractivity contribution in [3.63, 3.8) is 0 Å². The summed E-state index contributed by atoms with van der Waals surface area (Å²) in [5, 5.41) is 11.1. The van der Waals surface area contributed by atoms with Crippen LogP contribution in [0.4, 0.5) is 21.5 Å². The smallest absolute Gasteiger partial charge is 0.331 e. The summed E-state index contributed by atoms with van der Waals surface area (Å²) in [6.07, 6.45) is 2.54. The van der Waals surface area contributed by atoms with Crippen molar-refractivity contribution in [3.05, 3.63) is 89.8 Å². The molecule has 3 aromatic rings. The largest absolute Gasteiger partial charge is 0.494 e. The first-order valence-corrected chi connectivity index (χ1v) is 10.0. The second kappa shape index (κ2) is 11.3. The highest BCUT2D eigenvalue weighted by molar-refractivity contribution is 5.94. The molecule has 3 aromatic carbocycles. The van der Waals surface area contributed by atoms with Crippen molar-refractivity contribution in [2.45, 2.75) is 6.92 Å². The van der Waals surface area contributed by atoms with E-state index >= 15 is 0 Å². The third-order valence-electron chi connectivity index (χ3n) is 4.44. The Labute approximate surface area is 190 Å². The number of halogens is 1. The number of aryl methyl sites for hydroxylation is 1. The Morgan fingerprint density at radius 2 is 1.79 bits per heavy atom. The number of rotatable bonds is 8. The molecule has 0 spiro atoms. The first kappa shape index (κ1) is 23.3. The molecule has 8 heteroatoms. The third-order valence-corrected chi connectivity index (χ3v) is 4.44. The summed E-state index contributed by atoms with van der Waals surface area (Å²) in [6.45, 7) is 1.38. The van der Waals surface area contributed by atoms with Gasteiger partial charge >= 0.3 is 5.97 Å². The van der Waals surface area contributed by atoms with Gasteiger partial charge in [-0.25, -0.2) is 9.18 Å². The van der Waals surface area contributed by atoms with Crippen LogP contribution in [0.25, 0.3) is 6.08 Å². The molecule has 1 N–H and O–H groups in total. The van der Waals surface area contributed by atoms with Crippen LogP contribution >= 0.6 is 0 Å². The van der Waals surface area contributed by atoms with Gasteiger partial charge in [-0.2, -0.15) is 5.11 Å². The van der Waals surface area contributed by atoms with Crippen LogP contribution < -0.4 is 10.1 Å². The summed E-state index contributed by atoms with van der Waals surface area (Å²) in [5.41, 5.74) is 3.06. The molecule has 0 heterocycles. The molecule has 0 bridgehead atoms. The second-order valence-electron chi connectivity index (χ2n) is 6.92. The minimum atomic E-state index is -0.710. The van der Waals surface area contributed by atoms with Gasteiger partial charge in [-0.1, -0.05) is 24.3 Å². The maximum atomic E-state index is 13.1. The molecule has 7 nitrogen and oxygen atoms in total. The summed E-state index contributed by atoms with van der Waals surface area (Å²) in [7, 11) is 1.56. The average molecular weight is 447 g/mol. The fourth-order valence-electron chi connectivity index (χ4n) is 2.82. The molecule has 0 unspecified atom stereocenters. The number of para-hydroxylation sites is 1. The van der Waals surface area contributed by atoms with E-state index in [-0.39, 0.29) is 0 Å². The number of amides is 1. The Morgan fingerprint density at radius 1 is 1.00 bits per heavy atom. The fourth-order valence-corrected chi connectivity index (χ4v) is 2.82. The molecule has 0 fully saturated rings. The van der Waals surface area contributed by atoms with Crippen molar-refractivity contribution in [2.24, 2.45) is 10.2 Å². The average Bonchev–Trinajstić information content (AvgIpc) is 2.81. The van der Waals surface area contributed by atoms with Gasteiger partial charge in [-0.05, 0) is 66.6 Å². The van der Waals surface area contributed by atoms with Gasteiger partial charge in [-0.3, -0.25) is 4.79 Å². The van der Waals surface area contributed by atoms with Gasteiger partial charge in [0.05, 0.1) is 12.8 Å². The van der Waals surface area contributed by atoms with Crippen LogP contribution in [-0.2, 0) is 14.3 Å². The molecule has 33 heavy (non-hydrogen) atoms. The second-order valence-corrected chi connectivity index (χ2v) is 6.92. The topological polar surface area (TPSA) is 89.3 Å². The molecule has 0 aromatic heterocycles. The van der Waals surface area contributed by atoms with Crippen LogP contribution in [0.5, 0.6) is 5.75 Å². The highest BCUT2D eigenvalue weighted by atomic mass is 19.1. The molecule has 0 aliphatic carbocycles. The molecule has 0 radical (unpaired) electrons. The number of nitrogens with one attached hydrogen (secondary N) is 1. The number of esters is 1. The molecule has 0 aliphatic heterocycles. The normalized spacial score (nSPS) is 11.0. The first-order chi connectivity index (χ1) is 15.9. The van der Waals surface area contributed by atoms with Gasteiger partial charge in [0.25, 0.3) is 5.91 Å². The molecule has 0 atom stereocenters. The van der Waals surface area contributed by atoms with E-state index in [1.54, 1.807) is 43.5 Å². The highest BCUT2D eigenvalue weighted by Crippen LogP contribution is 2.30. The number of ether oxygens (including phenoxy) is 2. The van der Waals surface area contributed by atoms with Crippen LogP contribution in [0.15, 0.2) is 83.0 Å². The molecule has 0 saturated heterocycles. The monoisotopic (exact) mass is 447 g/mol. The standard InChI is InChI=1S/C25H22FN3O4/c1-17-14-20(11-12-21(17)28-29-22-8-3-4-9-23(22)32-2)27-24(30)16-33-25(31)13-10-18-6-5-7-19(26)15-18/h3-15H,16H2,1-2H3,(H,27,30)/b13-10+,29-28?. The zero-order valence-electron chi connectivity index (χ0n) is 18.1. The van der Waals surface area contributed by atoms with Crippen LogP contribution in [0.2, 0.25) is 0 Å². The lowest BCUT2D eigenvalue weighted by atomic mass is 10.2. The predicted octanol–water partition coefficient (Wildman–Crippen LogP) is 5.75. The van der Waals surface area contributed by atoms with Crippen molar-refractivity contribution in [1.29, 1.82) is 0 Å². The molecule has 3 rings (SSSR count). The van der Waals surface area contributed by atoms with E-state index in [0.29, 0.717) is 28.4 Å². The van der Waals surface area contributed by atoms with Gasteiger partial charge in [0.2, 0.25) is 0 Å². The lowest BCUT2D eigenvalue weighted by molar-refractivity contribution is -0.142. The maximum absolute atomic E-state index is 13.1.